The molecule has 0 spiro atoms. The van der Waals surface area contributed by atoms with Crippen LogP contribution in [0.15, 0.2) is 18.2 Å². The van der Waals surface area contributed by atoms with Gasteiger partial charge in [0.25, 0.3) is 5.91 Å². The zero-order chi connectivity index (χ0) is 19.4. The van der Waals surface area contributed by atoms with E-state index in [1.807, 2.05) is 12.1 Å². The van der Waals surface area contributed by atoms with E-state index in [0.29, 0.717) is 30.5 Å². The number of imide groups is 1. The van der Waals surface area contributed by atoms with Gasteiger partial charge in [-0.2, -0.15) is 0 Å². The number of hydrogen-bond donors (Lipinski definition) is 2. The predicted octanol–water partition coefficient (Wildman–Crippen LogP) is -0.394. The summed E-state index contributed by atoms with van der Waals surface area (Å²) in [7, 11) is 0. The number of rotatable bonds is 3. The van der Waals surface area contributed by atoms with Crippen molar-refractivity contribution in [2.75, 3.05) is 19.8 Å². The van der Waals surface area contributed by atoms with Crippen LogP contribution < -0.4 is 11.1 Å². The van der Waals surface area contributed by atoms with E-state index in [0.717, 1.165) is 37.4 Å². The zero-order valence-electron chi connectivity index (χ0n) is 15.6. The van der Waals surface area contributed by atoms with Crippen LogP contribution in [0.5, 0.6) is 0 Å². The number of hydrogen-bond acceptors (Lipinski definition) is 6. The summed E-state index contributed by atoms with van der Waals surface area (Å²) in [5.41, 5.74) is 8.98. The molecule has 4 unspecified atom stereocenters. The van der Waals surface area contributed by atoms with Crippen LogP contribution in [0.2, 0.25) is 0 Å². The van der Waals surface area contributed by atoms with Gasteiger partial charge in [-0.25, -0.2) is 0 Å². The molecule has 1 aromatic rings. The number of ether oxygens (including phenoxy) is 1. The van der Waals surface area contributed by atoms with Gasteiger partial charge < -0.3 is 15.4 Å². The summed E-state index contributed by atoms with van der Waals surface area (Å²) >= 11 is 0. The number of nitrogens with zero attached hydrogens (tertiary/aromatic N) is 2. The summed E-state index contributed by atoms with van der Waals surface area (Å²) < 4.78 is 5.60. The van der Waals surface area contributed by atoms with Crippen molar-refractivity contribution in [2.45, 2.75) is 44.1 Å². The lowest BCUT2D eigenvalue weighted by atomic mass is 10.0. The molecule has 28 heavy (non-hydrogen) atoms. The Morgan fingerprint density at radius 1 is 1.21 bits per heavy atom. The number of nitrogens with one attached hydrogen (secondary N) is 1. The topological polar surface area (TPSA) is 105 Å². The molecule has 3 fully saturated rings. The number of benzene rings is 1. The van der Waals surface area contributed by atoms with Gasteiger partial charge in [0.15, 0.2) is 0 Å². The van der Waals surface area contributed by atoms with Crippen molar-refractivity contribution >= 4 is 17.7 Å². The lowest BCUT2D eigenvalue weighted by molar-refractivity contribution is -0.136. The number of fused-ring (bicyclic) bond motifs is 2. The van der Waals surface area contributed by atoms with Crippen molar-refractivity contribution in [1.82, 2.24) is 15.1 Å². The Morgan fingerprint density at radius 3 is 2.89 bits per heavy atom. The number of piperidine rings is 1. The number of carbonyl (C=O) groups excluding carboxylic acids is 3. The number of amides is 3. The van der Waals surface area contributed by atoms with Crippen LogP contribution in [0.1, 0.15) is 34.3 Å². The molecular weight excluding hydrogens is 360 g/mol. The lowest BCUT2D eigenvalue weighted by Crippen LogP contribution is -2.52. The normalized spacial score (nSPS) is 32.6. The quantitative estimate of drug-likeness (QED) is 0.688. The van der Waals surface area contributed by atoms with E-state index in [4.69, 9.17) is 10.5 Å². The SMILES string of the molecule is NC1CN(Cc2ccc3c(c2)CN(C2CCC(=O)NC2=O)C3=O)C2COCC12. The van der Waals surface area contributed by atoms with E-state index in [-0.39, 0.29) is 30.2 Å². The molecule has 8 heteroatoms. The van der Waals surface area contributed by atoms with E-state index in [2.05, 4.69) is 16.3 Å². The lowest BCUT2D eigenvalue weighted by Gasteiger charge is -2.29. The van der Waals surface area contributed by atoms with Crippen LogP contribution in [0.4, 0.5) is 0 Å². The van der Waals surface area contributed by atoms with E-state index in [1.54, 1.807) is 4.90 Å². The number of likely N-dealkylation sites (tertiary alicyclic amines) is 1. The summed E-state index contributed by atoms with van der Waals surface area (Å²) in [6.07, 6.45) is 0.646. The minimum absolute atomic E-state index is 0.136. The maximum Gasteiger partial charge on any atom is 0.255 e. The Kier molecular flexibility index (Phi) is 4.22. The minimum Gasteiger partial charge on any atom is -0.379 e. The van der Waals surface area contributed by atoms with Crippen molar-refractivity contribution in [3.63, 3.8) is 0 Å². The summed E-state index contributed by atoms with van der Waals surface area (Å²) in [5, 5.41) is 2.34. The van der Waals surface area contributed by atoms with Gasteiger partial charge in [-0.05, 0) is 23.6 Å². The smallest absolute Gasteiger partial charge is 0.255 e. The van der Waals surface area contributed by atoms with Crippen molar-refractivity contribution in [1.29, 1.82) is 0 Å². The summed E-state index contributed by atoms with van der Waals surface area (Å²) in [5.74, 6) is -0.385. The Morgan fingerprint density at radius 2 is 2.07 bits per heavy atom. The van der Waals surface area contributed by atoms with Gasteiger partial charge in [0.2, 0.25) is 11.8 Å². The molecule has 0 radical (unpaired) electrons. The van der Waals surface area contributed by atoms with Crippen molar-refractivity contribution in [2.24, 2.45) is 11.7 Å². The van der Waals surface area contributed by atoms with Crippen LogP contribution in [-0.4, -0.2) is 65.4 Å². The standard InChI is InChI=1S/C20H24N4O4/c21-15-8-23(17-10-28-9-14(15)17)6-11-1-2-13-12(5-11)7-24(20(13)27)16-3-4-18(25)22-19(16)26/h1-2,5,14-17H,3-4,6-10,21H2,(H,22,25,26). The molecule has 0 aliphatic carbocycles. The fourth-order valence-electron chi connectivity index (χ4n) is 5.03. The van der Waals surface area contributed by atoms with Gasteiger partial charge >= 0.3 is 0 Å². The molecular formula is C20H24N4O4. The molecule has 4 aliphatic heterocycles. The van der Waals surface area contributed by atoms with Gasteiger partial charge in [0, 0.05) is 49.6 Å². The van der Waals surface area contributed by atoms with Gasteiger partial charge in [0.1, 0.15) is 6.04 Å². The highest BCUT2D eigenvalue weighted by Crippen LogP contribution is 2.32. The van der Waals surface area contributed by atoms with Crippen LogP contribution in [0.3, 0.4) is 0 Å². The molecule has 1 aromatic carbocycles. The third-order valence-corrected chi connectivity index (χ3v) is 6.53. The highest BCUT2D eigenvalue weighted by atomic mass is 16.5. The highest BCUT2D eigenvalue weighted by molar-refractivity contribution is 6.05. The first-order valence-corrected chi connectivity index (χ1v) is 9.85. The second-order valence-corrected chi connectivity index (χ2v) is 8.25. The minimum atomic E-state index is -0.575. The molecule has 3 amide bonds. The third-order valence-electron chi connectivity index (χ3n) is 6.53. The first kappa shape index (κ1) is 17.8. The maximum atomic E-state index is 12.8. The maximum absolute atomic E-state index is 12.8. The second-order valence-electron chi connectivity index (χ2n) is 8.25. The largest absolute Gasteiger partial charge is 0.379 e. The summed E-state index contributed by atoms with van der Waals surface area (Å²) in [4.78, 5) is 40.3. The van der Waals surface area contributed by atoms with Crippen LogP contribution >= 0.6 is 0 Å². The van der Waals surface area contributed by atoms with Crippen molar-refractivity contribution < 1.29 is 19.1 Å². The van der Waals surface area contributed by atoms with Crippen LogP contribution in [0, 0.1) is 5.92 Å². The van der Waals surface area contributed by atoms with E-state index < -0.39 is 6.04 Å². The second kappa shape index (κ2) is 6.65. The zero-order valence-corrected chi connectivity index (χ0v) is 15.6. The average Bonchev–Trinajstić information content (AvgIpc) is 3.33. The third kappa shape index (κ3) is 2.83. The Bertz CT molecular complexity index is 857. The molecule has 5 rings (SSSR count). The van der Waals surface area contributed by atoms with Gasteiger partial charge in [-0.15, -0.1) is 0 Å². The monoisotopic (exact) mass is 384 g/mol. The van der Waals surface area contributed by atoms with Crippen molar-refractivity contribution in [3.05, 3.63) is 34.9 Å². The van der Waals surface area contributed by atoms with Gasteiger partial charge in [0.05, 0.1) is 13.2 Å². The fourth-order valence-corrected chi connectivity index (χ4v) is 5.03. The average molecular weight is 384 g/mol. The molecule has 0 bridgehead atoms. The fraction of sp³-hybridized carbons (Fsp3) is 0.550. The first-order valence-electron chi connectivity index (χ1n) is 9.85. The number of carbonyl (C=O) groups is 3. The Labute approximate surface area is 163 Å². The van der Waals surface area contributed by atoms with Gasteiger partial charge in [-0.1, -0.05) is 12.1 Å². The molecule has 4 aliphatic rings. The van der Waals surface area contributed by atoms with Gasteiger partial charge in [-0.3, -0.25) is 24.6 Å². The molecule has 0 aromatic heterocycles. The molecule has 148 valence electrons. The first-order chi connectivity index (χ1) is 13.5. The predicted molar refractivity (Wildman–Crippen MR) is 99.0 cm³/mol. The Balaban J connectivity index is 1.32. The molecule has 3 N–H and O–H groups in total. The molecule has 3 saturated heterocycles. The van der Waals surface area contributed by atoms with E-state index >= 15 is 0 Å². The highest BCUT2D eigenvalue weighted by Gasteiger charge is 2.44. The van der Waals surface area contributed by atoms with E-state index in [9.17, 15) is 14.4 Å². The van der Waals surface area contributed by atoms with Crippen LogP contribution in [0.25, 0.3) is 0 Å². The van der Waals surface area contributed by atoms with Crippen LogP contribution in [-0.2, 0) is 27.4 Å². The molecule has 4 atom stereocenters. The molecule has 4 heterocycles. The van der Waals surface area contributed by atoms with E-state index in [1.165, 1.54) is 0 Å². The summed E-state index contributed by atoms with van der Waals surface area (Å²) in [6.45, 7) is 3.51. The summed E-state index contributed by atoms with van der Waals surface area (Å²) in [6, 6.07) is 5.84. The molecule has 0 saturated carbocycles. The molecule has 8 nitrogen and oxygen atoms in total. The number of nitrogens with two attached hydrogens (primary N) is 1. The Hall–Kier alpha value is -2.29. The van der Waals surface area contributed by atoms with Crippen molar-refractivity contribution in [3.8, 4) is 0 Å².